The molecule has 0 saturated carbocycles. The van der Waals surface area contributed by atoms with Crippen LogP contribution in [0.2, 0.25) is 0 Å². The zero-order valence-corrected chi connectivity index (χ0v) is 14.6. The zero-order chi connectivity index (χ0) is 17.9. The van der Waals surface area contributed by atoms with E-state index in [1.54, 1.807) is 59.3 Å². The SMILES string of the molecule is COc1ccc(OC)c(/C=C(\C)C(=O)C2=C(C)CC(C)=NC2=O)c1. The summed E-state index contributed by atoms with van der Waals surface area (Å²) in [6.07, 6.45) is 2.24. The Hall–Kier alpha value is -2.69. The molecule has 1 amide bonds. The number of carbonyl (C=O) groups is 2. The first kappa shape index (κ1) is 17.7. The van der Waals surface area contributed by atoms with Crippen LogP contribution in [-0.4, -0.2) is 31.6 Å². The number of ether oxygens (including phenoxy) is 2. The summed E-state index contributed by atoms with van der Waals surface area (Å²) >= 11 is 0. The number of dihydropyridines is 1. The van der Waals surface area contributed by atoms with Crippen molar-refractivity contribution in [2.45, 2.75) is 27.2 Å². The molecule has 0 atom stereocenters. The summed E-state index contributed by atoms with van der Waals surface area (Å²) in [5.74, 6) is 0.509. The summed E-state index contributed by atoms with van der Waals surface area (Å²) < 4.78 is 10.5. The monoisotopic (exact) mass is 327 g/mol. The summed E-state index contributed by atoms with van der Waals surface area (Å²) in [6, 6.07) is 5.33. The van der Waals surface area contributed by atoms with E-state index in [2.05, 4.69) is 4.99 Å². The molecule has 0 spiro atoms. The van der Waals surface area contributed by atoms with E-state index in [0.717, 1.165) is 11.3 Å². The predicted molar refractivity (Wildman–Crippen MR) is 93.6 cm³/mol. The number of nitrogens with zero attached hydrogens (tertiary/aromatic N) is 1. The fourth-order valence-electron chi connectivity index (χ4n) is 2.66. The number of hydrogen-bond donors (Lipinski definition) is 0. The maximum atomic E-state index is 12.7. The molecule has 1 heterocycles. The Balaban J connectivity index is 2.40. The molecule has 5 nitrogen and oxygen atoms in total. The molecule has 0 unspecified atom stereocenters. The van der Waals surface area contributed by atoms with E-state index in [4.69, 9.17) is 9.47 Å². The van der Waals surface area contributed by atoms with Crippen LogP contribution in [0.1, 0.15) is 32.8 Å². The van der Waals surface area contributed by atoms with Gasteiger partial charge in [-0.15, -0.1) is 0 Å². The fraction of sp³-hybridized carbons (Fsp3) is 0.316. The molecular weight excluding hydrogens is 306 g/mol. The summed E-state index contributed by atoms with van der Waals surface area (Å²) in [5.41, 5.74) is 2.80. The Kier molecular flexibility index (Phi) is 5.34. The summed E-state index contributed by atoms with van der Waals surface area (Å²) in [6.45, 7) is 5.26. The second kappa shape index (κ2) is 7.25. The van der Waals surface area contributed by atoms with Gasteiger partial charge in [0.15, 0.2) is 5.78 Å². The van der Waals surface area contributed by atoms with Gasteiger partial charge in [0.1, 0.15) is 11.5 Å². The van der Waals surface area contributed by atoms with E-state index < -0.39 is 5.91 Å². The van der Waals surface area contributed by atoms with Crippen molar-refractivity contribution in [1.82, 2.24) is 0 Å². The van der Waals surface area contributed by atoms with Gasteiger partial charge in [0.2, 0.25) is 0 Å². The Morgan fingerprint density at radius 3 is 2.50 bits per heavy atom. The van der Waals surface area contributed by atoms with Crippen LogP contribution in [0.15, 0.2) is 39.9 Å². The number of ketones is 1. The van der Waals surface area contributed by atoms with Crippen LogP contribution in [-0.2, 0) is 9.59 Å². The number of benzene rings is 1. The van der Waals surface area contributed by atoms with Crippen LogP contribution in [0.5, 0.6) is 11.5 Å². The molecule has 1 aliphatic rings. The first-order valence-electron chi connectivity index (χ1n) is 7.60. The van der Waals surface area contributed by atoms with Crippen LogP contribution in [0.4, 0.5) is 0 Å². The van der Waals surface area contributed by atoms with E-state index in [9.17, 15) is 9.59 Å². The average molecular weight is 327 g/mol. The number of hydrogen-bond acceptors (Lipinski definition) is 4. The topological polar surface area (TPSA) is 65.0 Å². The number of rotatable bonds is 5. The van der Waals surface area contributed by atoms with Gasteiger partial charge < -0.3 is 9.47 Å². The van der Waals surface area contributed by atoms with Crippen LogP contribution >= 0.6 is 0 Å². The molecule has 24 heavy (non-hydrogen) atoms. The van der Waals surface area contributed by atoms with Gasteiger partial charge in [-0.1, -0.05) is 5.57 Å². The van der Waals surface area contributed by atoms with Gasteiger partial charge in [0.05, 0.1) is 19.8 Å². The van der Waals surface area contributed by atoms with Gasteiger partial charge in [-0.05, 0) is 50.6 Å². The Bertz CT molecular complexity index is 785. The first-order valence-corrected chi connectivity index (χ1v) is 7.60. The third-order valence-electron chi connectivity index (χ3n) is 3.85. The van der Waals surface area contributed by atoms with Gasteiger partial charge >= 0.3 is 0 Å². The third kappa shape index (κ3) is 3.62. The van der Waals surface area contributed by atoms with Crippen LogP contribution in [0.25, 0.3) is 6.08 Å². The lowest BCUT2D eigenvalue weighted by Gasteiger charge is -2.14. The molecule has 1 aliphatic heterocycles. The van der Waals surface area contributed by atoms with Crippen LogP contribution < -0.4 is 9.47 Å². The maximum absolute atomic E-state index is 12.7. The van der Waals surface area contributed by atoms with Crippen molar-refractivity contribution in [3.05, 3.63) is 40.5 Å². The lowest BCUT2D eigenvalue weighted by Crippen LogP contribution is -2.20. The molecule has 0 aliphatic carbocycles. The van der Waals surface area contributed by atoms with Crippen molar-refractivity contribution in [1.29, 1.82) is 0 Å². The lowest BCUT2D eigenvalue weighted by atomic mass is 9.93. The molecular formula is C19H21NO4. The highest BCUT2D eigenvalue weighted by molar-refractivity contribution is 6.29. The standard InChI is InChI=1S/C19H21NO4/c1-11-8-13(3)20-19(22)17(11)18(21)12(2)9-14-10-15(23-4)6-7-16(14)24-5/h6-7,9-10H,8H2,1-5H3/b12-9+. The molecule has 0 N–H and O–H groups in total. The van der Waals surface area contributed by atoms with E-state index in [1.807, 2.05) is 0 Å². The smallest absolute Gasteiger partial charge is 0.280 e. The van der Waals surface area contributed by atoms with E-state index >= 15 is 0 Å². The minimum Gasteiger partial charge on any atom is -0.497 e. The first-order chi connectivity index (χ1) is 11.4. The van der Waals surface area contributed by atoms with Crippen molar-refractivity contribution >= 4 is 23.5 Å². The molecule has 2 rings (SSSR count). The van der Waals surface area contributed by atoms with Crippen molar-refractivity contribution < 1.29 is 19.1 Å². The zero-order valence-electron chi connectivity index (χ0n) is 14.6. The van der Waals surface area contributed by atoms with E-state index in [-0.39, 0.29) is 11.4 Å². The van der Waals surface area contributed by atoms with Crippen LogP contribution in [0, 0.1) is 0 Å². The number of amides is 1. The third-order valence-corrected chi connectivity index (χ3v) is 3.85. The molecule has 1 aromatic carbocycles. The van der Waals surface area contributed by atoms with Crippen molar-refractivity contribution in [2.75, 3.05) is 14.2 Å². The number of carbonyl (C=O) groups excluding carboxylic acids is 2. The predicted octanol–water partition coefficient (Wildman–Crippen LogP) is 3.38. The van der Waals surface area contributed by atoms with Gasteiger partial charge in [0.25, 0.3) is 5.91 Å². The van der Waals surface area contributed by atoms with Crippen LogP contribution in [0.3, 0.4) is 0 Å². The van der Waals surface area contributed by atoms with Gasteiger partial charge in [-0.25, -0.2) is 4.99 Å². The molecule has 0 aromatic heterocycles. The number of aliphatic imine (C=N–C) groups is 1. The fourth-order valence-corrected chi connectivity index (χ4v) is 2.66. The highest BCUT2D eigenvalue weighted by Crippen LogP contribution is 2.28. The second-order valence-electron chi connectivity index (χ2n) is 5.75. The molecule has 126 valence electrons. The molecule has 0 saturated heterocycles. The molecule has 0 bridgehead atoms. The summed E-state index contributed by atoms with van der Waals surface area (Å²) in [4.78, 5) is 28.7. The maximum Gasteiger partial charge on any atom is 0.280 e. The quantitative estimate of drug-likeness (QED) is 0.614. The highest BCUT2D eigenvalue weighted by Gasteiger charge is 2.25. The lowest BCUT2D eigenvalue weighted by molar-refractivity contribution is -0.119. The van der Waals surface area contributed by atoms with E-state index in [1.165, 1.54) is 0 Å². The number of methoxy groups -OCH3 is 2. The largest absolute Gasteiger partial charge is 0.497 e. The summed E-state index contributed by atoms with van der Waals surface area (Å²) in [5, 5.41) is 0. The normalized spacial score (nSPS) is 15.3. The Morgan fingerprint density at radius 1 is 1.21 bits per heavy atom. The minimum absolute atomic E-state index is 0.163. The van der Waals surface area contributed by atoms with Crippen molar-refractivity contribution in [3.63, 3.8) is 0 Å². The number of allylic oxidation sites excluding steroid dienone is 2. The van der Waals surface area contributed by atoms with Gasteiger partial charge in [-0.3, -0.25) is 9.59 Å². The van der Waals surface area contributed by atoms with Crippen molar-refractivity contribution in [2.24, 2.45) is 4.99 Å². The van der Waals surface area contributed by atoms with Gasteiger partial charge in [0, 0.05) is 17.7 Å². The summed E-state index contributed by atoms with van der Waals surface area (Å²) in [7, 11) is 3.13. The molecule has 0 radical (unpaired) electrons. The average Bonchev–Trinajstić information content (AvgIpc) is 2.53. The van der Waals surface area contributed by atoms with Crippen molar-refractivity contribution in [3.8, 4) is 11.5 Å². The Morgan fingerprint density at radius 2 is 1.92 bits per heavy atom. The van der Waals surface area contributed by atoms with E-state index in [0.29, 0.717) is 29.1 Å². The Labute approximate surface area is 141 Å². The van der Waals surface area contributed by atoms with Gasteiger partial charge in [-0.2, -0.15) is 0 Å². The highest BCUT2D eigenvalue weighted by atomic mass is 16.5. The molecule has 1 aromatic rings. The second-order valence-corrected chi connectivity index (χ2v) is 5.75. The minimum atomic E-state index is -0.466. The molecule has 0 fully saturated rings. The molecule has 5 heteroatoms. The number of Topliss-reactive ketones (excluding diaryl/α,β-unsaturated/α-hetero) is 1.